The number of aryl methyl sites for hydroxylation is 1. The van der Waals surface area contributed by atoms with Crippen LogP contribution in [0.5, 0.6) is 0 Å². The molecule has 3 aliphatic rings. The molecule has 136 valence electrons. The van der Waals surface area contributed by atoms with Crippen LogP contribution in [0.3, 0.4) is 0 Å². The lowest BCUT2D eigenvalue weighted by Crippen LogP contribution is -2.45. The fraction of sp³-hybridized carbons (Fsp3) is 0.706. The van der Waals surface area contributed by atoms with Crippen molar-refractivity contribution in [2.75, 3.05) is 39.4 Å². The minimum absolute atomic E-state index is 0.0829. The number of nitrogens with one attached hydrogen (secondary N) is 1. The van der Waals surface area contributed by atoms with Crippen LogP contribution in [-0.4, -0.2) is 71.7 Å². The Kier molecular flexibility index (Phi) is 4.24. The number of amides is 2. The average Bonchev–Trinajstić information content (AvgIpc) is 3.30. The second kappa shape index (κ2) is 6.42. The van der Waals surface area contributed by atoms with Crippen molar-refractivity contribution in [2.45, 2.75) is 38.3 Å². The van der Waals surface area contributed by atoms with Crippen LogP contribution >= 0.6 is 0 Å². The standard InChI is InChI=1S/C17H24N4O4/c1-12-13(10-20-6-8-24-9-7-20)15(19-25-12)16(23)21-5-4-17(11-21)3-2-14(22)18-17/h2-11H2,1H3,(H,18,22). The minimum atomic E-state index is -0.240. The summed E-state index contributed by atoms with van der Waals surface area (Å²) >= 11 is 0. The maximum absolute atomic E-state index is 13.0. The highest BCUT2D eigenvalue weighted by Gasteiger charge is 2.45. The molecule has 4 rings (SSSR count). The van der Waals surface area contributed by atoms with E-state index in [1.807, 2.05) is 6.92 Å². The molecule has 3 saturated heterocycles. The van der Waals surface area contributed by atoms with E-state index in [1.165, 1.54) is 0 Å². The van der Waals surface area contributed by atoms with Gasteiger partial charge < -0.3 is 19.5 Å². The summed E-state index contributed by atoms with van der Waals surface area (Å²) in [6.45, 7) is 6.80. The molecule has 0 saturated carbocycles. The van der Waals surface area contributed by atoms with Gasteiger partial charge in [-0.05, 0) is 19.8 Å². The zero-order valence-electron chi connectivity index (χ0n) is 14.5. The van der Waals surface area contributed by atoms with E-state index in [0.717, 1.165) is 31.5 Å². The number of hydrogen-bond donors (Lipinski definition) is 1. The van der Waals surface area contributed by atoms with Crippen molar-refractivity contribution in [2.24, 2.45) is 0 Å². The van der Waals surface area contributed by atoms with E-state index < -0.39 is 0 Å². The molecule has 2 amide bonds. The highest BCUT2D eigenvalue weighted by molar-refractivity contribution is 5.94. The Morgan fingerprint density at radius 2 is 2.08 bits per heavy atom. The van der Waals surface area contributed by atoms with E-state index >= 15 is 0 Å². The fourth-order valence-corrected chi connectivity index (χ4v) is 4.00. The van der Waals surface area contributed by atoms with Crippen LogP contribution in [0.25, 0.3) is 0 Å². The van der Waals surface area contributed by atoms with Crippen molar-refractivity contribution in [3.63, 3.8) is 0 Å². The van der Waals surface area contributed by atoms with Crippen molar-refractivity contribution in [1.29, 1.82) is 0 Å². The first-order valence-electron chi connectivity index (χ1n) is 8.92. The Labute approximate surface area is 146 Å². The summed E-state index contributed by atoms with van der Waals surface area (Å²) in [5.74, 6) is 0.677. The molecular formula is C17H24N4O4. The molecule has 1 aromatic heterocycles. The summed E-state index contributed by atoms with van der Waals surface area (Å²) in [6, 6.07) is 0. The number of nitrogens with zero attached hydrogens (tertiary/aromatic N) is 3. The van der Waals surface area contributed by atoms with Gasteiger partial charge in [-0.1, -0.05) is 5.16 Å². The van der Waals surface area contributed by atoms with E-state index in [2.05, 4.69) is 15.4 Å². The van der Waals surface area contributed by atoms with Crippen LogP contribution in [0, 0.1) is 6.92 Å². The van der Waals surface area contributed by atoms with Gasteiger partial charge in [0.1, 0.15) is 5.76 Å². The maximum atomic E-state index is 13.0. The Hall–Kier alpha value is -1.93. The number of carbonyl (C=O) groups is 2. The first-order chi connectivity index (χ1) is 12.1. The predicted octanol–water partition coefficient (Wildman–Crippen LogP) is 0.310. The topological polar surface area (TPSA) is 87.9 Å². The van der Waals surface area contributed by atoms with Crippen LogP contribution in [0.4, 0.5) is 0 Å². The van der Waals surface area contributed by atoms with E-state index in [9.17, 15) is 9.59 Å². The summed E-state index contributed by atoms with van der Waals surface area (Å²) in [6.07, 6.45) is 2.15. The van der Waals surface area contributed by atoms with Gasteiger partial charge in [0.25, 0.3) is 5.91 Å². The predicted molar refractivity (Wildman–Crippen MR) is 88.0 cm³/mol. The van der Waals surface area contributed by atoms with Gasteiger partial charge in [0, 0.05) is 44.7 Å². The van der Waals surface area contributed by atoms with Gasteiger partial charge in [0.2, 0.25) is 5.91 Å². The van der Waals surface area contributed by atoms with Gasteiger partial charge in [0.15, 0.2) is 5.69 Å². The van der Waals surface area contributed by atoms with Crippen LogP contribution in [0.15, 0.2) is 4.52 Å². The highest BCUT2D eigenvalue weighted by atomic mass is 16.5. The zero-order chi connectivity index (χ0) is 17.4. The number of carbonyl (C=O) groups excluding carboxylic acids is 2. The number of rotatable bonds is 3. The van der Waals surface area contributed by atoms with Crippen molar-refractivity contribution in [1.82, 2.24) is 20.3 Å². The molecule has 3 aliphatic heterocycles. The fourth-order valence-electron chi connectivity index (χ4n) is 4.00. The third-order valence-electron chi connectivity index (χ3n) is 5.55. The molecule has 3 fully saturated rings. The average molecular weight is 348 g/mol. The molecule has 1 spiro atoms. The van der Waals surface area contributed by atoms with Crippen molar-refractivity contribution in [3.05, 3.63) is 17.0 Å². The lowest BCUT2D eigenvalue weighted by atomic mass is 9.97. The molecular weight excluding hydrogens is 324 g/mol. The van der Waals surface area contributed by atoms with E-state index in [0.29, 0.717) is 50.7 Å². The molecule has 1 unspecified atom stereocenters. The van der Waals surface area contributed by atoms with Crippen LogP contribution in [0.2, 0.25) is 0 Å². The van der Waals surface area contributed by atoms with Gasteiger partial charge in [0.05, 0.1) is 18.8 Å². The number of hydrogen-bond acceptors (Lipinski definition) is 6. The lowest BCUT2D eigenvalue weighted by Gasteiger charge is -2.27. The maximum Gasteiger partial charge on any atom is 0.276 e. The molecule has 0 radical (unpaired) electrons. The first kappa shape index (κ1) is 16.5. The third-order valence-corrected chi connectivity index (χ3v) is 5.55. The molecule has 1 atom stereocenters. The molecule has 1 N–H and O–H groups in total. The van der Waals surface area contributed by atoms with E-state index in [-0.39, 0.29) is 17.4 Å². The number of aromatic nitrogens is 1. The molecule has 1 aromatic rings. The smallest absolute Gasteiger partial charge is 0.276 e. The van der Waals surface area contributed by atoms with E-state index in [1.54, 1.807) is 4.90 Å². The highest BCUT2D eigenvalue weighted by Crippen LogP contribution is 2.31. The summed E-state index contributed by atoms with van der Waals surface area (Å²) in [4.78, 5) is 28.6. The Bertz CT molecular complexity index is 682. The van der Waals surface area contributed by atoms with Gasteiger partial charge in [-0.15, -0.1) is 0 Å². The largest absolute Gasteiger partial charge is 0.379 e. The Morgan fingerprint density at radius 3 is 2.80 bits per heavy atom. The summed E-state index contributed by atoms with van der Waals surface area (Å²) in [7, 11) is 0. The van der Waals surface area contributed by atoms with Crippen molar-refractivity contribution >= 4 is 11.8 Å². The molecule has 4 heterocycles. The molecule has 8 nitrogen and oxygen atoms in total. The second-order valence-electron chi connectivity index (χ2n) is 7.26. The SMILES string of the molecule is Cc1onc(C(=O)N2CCC3(CCC(=O)N3)C2)c1CN1CCOCC1. The summed E-state index contributed by atoms with van der Waals surface area (Å²) in [5, 5.41) is 7.10. The number of likely N-dealkylation sites (tertiary alicyclic amines) is 1. The minimum Gasteiger partial charge on any atom is -0.379 e. The molecule has 0 aromatic carbocycles. The zero-order valence-corrected chi connectivity index (χ0v) is 14.5. The summed E-state index contributed by atoms with van der Waals surface area (Å²) < 4.78 is 10.7. The Morgan fingerprint density at radius 1 is 1.28 bits per heavy atom. The molecule has 25 heavy (non-hydrogen) atoms. The van der Waals surface area contributed by atoms with Crippen LogP contribution < -0.4 is 5.32 Å². The van der Waals surface area contributed by atoms with Gasteiger partial charge in [-0.25, -0.2) is 0 Å². The second-order valence-corrected chi connectivity index (χ2v) is 7.26. The van der Waals surface area contributed by atoms with Crippen molar-refractivity contribution in [3.8, 4) is 0 Å². The lowest BCUT2D eigenvalue weighted by molar-refractivity contribution is -0.119. The third kappa shape index (κ3) is 3.16. The van der Waals surface area contributed by atoms with E-state index in [4.69, 9.17) is 9.26 Å². The number of morpholine rings is 1. The normalized spacial score (nSPS) is 27.2. The van der Waals surface area contributed by atoms with Crippen LogP contribution in [-0.2, 0) is 16.1 Å². The monoisotopic (exact) mass is 348 g/mol. The summed E-state index contributed by atoms with van der Waals surface area (Å²) in [5.41, 5.74) is 1.03. The quantitative estimate of drug-likeness (QED) is 0.846. The van der Waals surface area contributed by atoms with Crippen molar-refractivity contribution < 1.29 is 18.8 Å². The van der Waals surface area contributed by atoms with Crippen LogP contribution in [0.1, 0.15) is 41.1 Å². The molecule has 0 bridgehead atoms. The van der Waals surface area contributed by atoms with Gasteiger partial charge in [-0.3, -0.25) is 14.5 Å². The van der Waals surface area contributed by atoms with Gasteiger partial charge >= 0.3 is 0 Å². The van der Waals surface area contributed by atoms with Gasteiger partial charge in [-0.2, -0.15) is 0 Å². The molecule has 8 heteroatoms. The molecule has 0 aliphatic carbocycles. The first-order valence-corrected chi connectivity index (χ1v) is 8.92. The number of ether oxygens (including phenoxy) is 1. The Balaban J connectivity index is 1.48.